The van der Waals surface area contributed by atoms with E-state index in [0.717, 1.165) is 6.07 Å². The fourth-order valence-electron chi connectivity index (χ4n) is 2.75. The van der Waals surface area contributed by atoms with Crippen LogP contribution >= 0.6 is 23.2 Å². The van der Waals surface area contributed by atoms with Crippen molar-refractivity contribution in [3.63, 3.8) is 0 Å². The van der Waals surface area contributed by atoms with E-state index in [9.17, 15) is 14.7 Å². The number of halogens is 2. The van der Waals surface area contributed by atoms with Gasteiger partial charge in [-0.25, -0.2) is 4.79 Å². The number of benzene rings is 1. The van der Waals surface area contributed by atoms with Crippen molar-refractivity contribution in [3.8, 4) is 5.75 Å². The van der Waals surface area contributed by atoms with E-state index in [1.807, 2.05) is 0 Å². The van der Waals surface area contributed by atoms with Crippen LogP contribution in [-0.2, 0) is 16.1 Å². The highest BCUT2D eigenvalue weighted by Crippen LogP contribution is 2.46. The van der Waals surface area contributed by atoms with Gasteiger partial charge in [0.05, 0.1) is 13.0 Å². The number of nitrogens with two attached hydrogens (primary N) is 1. The minimum atomic E-state index is -1.05. The zero-order valence-electron chi connectivity index (χ0n) is 13.4. The average Bonchev–Trinajstić information content (AvgIpc) is 2.61. The fraction of sp³-hybridized carbons (Fsp3) is 0.176. The first-order valence-corrected chi connectivity index (χ1v) is 8.12. The Morgan fingerprint density at radius 1 is 1.35 bits per heavy atom. The van der Waals surface area contributed by atoms with Gasteiger partial charge in [-0.3, -0.25) is 4.79 Å². The lowest BCUT2D eigenvalue weighted by Crippen LogP contribution is -2.30. The highest BCUT2D eigenvalue weighted by Gasteiger charge is 2.40. The number of rotatable bonds is 3. The molecule has 0 spiro atoms. The summed E-state index contributed by atoms with van der Waals surface area (Å²) in [5.74, 6) is -2.46. The molecule has 136 valence electrons. The SMILES string of the molecule is COC(=O)C1=C(N)Oc2c(oc(CO)cc2=O)C1c1c(Cl)cccc1Cl. The molecule has 3 N–H and O–H groups in total. The van der Waals surface area contributed by atoms with Gasteiger partial charge in [-0.2, -0.15) is 0 Å². The molecule has 0 bridgehead atoms. The summed E-state index contributed by atoms with van der Waals surface area (Å²) in [6.07, 6.45) is 0. The van der Waals surface area contributed by atoms with Crippen molar-refractivity contribution in [1.29, 1.82) is 0 Å². The molecule has 2 aromatic rings. The zero-order chi connectivity index (χ0) is 19.0. The van der Waals surface area contributed by atoms with Gasteiger partial charge < -0.3 is 24.7 Å². The topological polar surface area (TPSA) is 112 Å². The first kappa shape index (κ1) is 18.3. The summed E-state index contributed by atoms with van der Waals surface area (Å²) < 4.78 is 15.7. The van der Waals surface area contributed by atoms with Crippen LogP contribution in [0.25, 0.3) is 0 Å². The molecule has 1 aromatic heterocycles. The summed E-state index contributed by atoms with van der Waals surface area (Å²) in [7, 11) is 1.17. The molecular formula is C17H13Cl2NO6. The van der Waals surface area contributed by atoms with Gasteiger partial charge in [-0.05, 0) is 12.1 Å². The first-order chi connectivity index (χ1) is 12.4. The number of carbonyl (C=O) groups excluding carboxylic acids is 1. The van der Waals surface area contributed by atoms with E-state index < -0.39 is 23.9 Å². The highest BCUT2D eigenvalue weighted by atomic mass is 35.5. The molecule has 0 saturated heterocycles. The number of aliphatic hydroxyl groups excluding tert-OH is 1. The second-order valence-corrected chi connectivity index (χ2v) is 6.18. The van der Waals surface area contributed by atoms with Gasteiger partial charge in [-0.15, -0.1) is 0 Å². The van der Waals surface area contributed by atoms with Crippen LogP contribution in [0.1, 0.15) is 23.0 Å². The van der Waals surface area contributed by atoms with Crippen molar-refractivity contribution in [3.05, 3.63) is 73.1 Å². The highest BCUT2D eigenvalue weighted by molar-refractivity contribution is 6.36. The molecule has 1 aliphatic rings. The third-order valence-corrected chi connectivity index (χ3v) is 4.52. The van der Waals surface area contributed by atoms with E-state index in [1.165, 1.54) is 7.11 Å². The molecule has 7 nitrogen and oxygen atoms in total. The van der Waals surface area contributed by atoms with Crippen LogP contribution < -0.4 is 15.9 Å². The number of carbonyl (C=O) groups is 1. The lowest BCUT2D eigenvalue weighted by atomic mass is 9.86. The van der Waals surface area contributed by atoms with Gasteiger partial charge in [0, 0.05) is 21.7 Å². The van der Waals surface area contributed by atoms with E-state index in [0.29, 0.717) is 5.56 Å². The van der Waals surface area contributed by atoms with Crippen molar-refractivity contribution in [2.45, 2.75) is 12.5 Å². The number of fused-ring (bicyclic) bond motifs is 1. The minimum Gasteiger partial charge on any atom is -0.465 e. The molecule has 0 aliphatic carbocycles. The normalized spacial score (nSPS) is 16.1. The number of methoxy groups -OCH3 is 1. The Hall–Kier alpha value is -2.48. The van der Waals surface area contributed by atoms with Gasteiger partial charge in [0.2, 0.25) is 17.1 Å². The molecule has 1 aromatic carbocycles. The molecule has 3 rings (SSSR count). The number of ether oxygens (including phenoxy) is 2. The third kappa shape index (κ3) is 2.94. The van der Waals surface area contributed by atoms with E-state index >= 15 is 0 Å². The van der Waals surface area contributed by atoms with Crippen molar-refractivity contribution >= 4 is 29.2 Å². The molecule has 0 radical (unpaired) electrons. The molecule has 26 heavy (non-hydrogen) atoms. The predicted octanol–water partition coefficient (Wildman–Crippen LogP) is 2.31. The molecule has 1 aliphatic heterocycles. The maximum atomic E-state index is 12.3. The number of hydrogen-bond donors (Lipinski definition) is 2. The predicted molar refractivity (Wildman–Crippen MR) is 93.1 cm³/mol. The summed E-state index contributed by atoms with van der Waals surface area (Å²) in [5.41, 5.74) is 5.48. The summed E-state index contributed by atoms with van der Waals surface area (Å²) in [5, 5.41) is 9.80. The van der Waals surface area contributed by atoms with Gasteiger partial charge in [0.15, 0.2) is 5.76 Å². The summed E-state index contributed by atoms with van der Waals surface area (Å²) in [4.78, 5) is 24.7. The smallest absolute Gasteiger partial charge is 0.340 e. The maximum Gasteiger partial charge on any atom is 0.340 e. The van der Waals surface area contributed by atoms with Crippen LogP contribution in [0, 0.1) is 0 Å². The van der Waals surface area contributed by atoms with E-state index in [1.54, 1.807) is 18.2 Å². The van der Waals surface area contributed by atoms with E-state index in [2.05, 4.69) is 0 Å². The van der Waals surface area contributed by atoms with Crippen molar-refractivity contribution in [1.82, 2.24) is 0 Å². The molecule has 0 amide bonds. The van der Waals surface area contributed by atoms with Crippen LogP contribution in [0.4, 0.5) is 0 Å². The third-order valence-electron chi connectivity index (χ3n) is 3.86. The Morgan fingerprint density at radius 2 is 2.00 bits per heavy atom. The van der Waals surface area contributed by atoms with Crippen LogP contribution in [0.3, 0.4) is 0 Å². The van der Waals surface area contributed by atoms with Gasteiger partial charge in [0.1, 0.15) is 17.9 Å². The number of esters is 1. The molecule has 1 atom stereocenters. The van der Waals surface area contributed by atoms with Gasteiger partial charge in [0.25, 0.3) is 0 Å². The summed E-state index contributed by atoms with van der Waals surface area (Å²) >= 11 is 12.6. The average molecular weight is 398 g/mol. The Balaban J connectivity index is 2.39. The molecule has 0 fully saturated rings. The Morgan fingerprint density at radius 3 is 2.58 bits per heavy atom. The summed E-state index contributed by atoms with van der Waals surface area (Å²) in [6, 6.07) is 5.83. The Labute approximate surface area is 157 Å². The quantitative estimate of drug-likeness (QED) is 0.763. The monoisotopic (exact) mass is 397 g/mol. The van der Waals surface area contributed by atoms with Crippen molar-refractivity contribution in [2.75, 3.05) is 7.11 Å². The van der Waals surface area contributed by atoms with E-state index in [4.69, 9.17) is 42.8 Å². The van der Waals surface area contributed by atoms with Crippen molar-refractivity contribution < 1.29 is 23.8 Å². The van der Waals surface area contributed by atoms with Crippen LogP contribution in [0.2, 0.25) is 10.0 Å². The molecule has 9 heteroatoms. The fourth-order valence-corrected chi connectivity index (χ4v) is 3.36. The van der Waals surface area contributed by atoms with Crippen LogP contribution in [0.5, 0.6) is 5.75 Å². The van der Waals surface area contributed by atoms with Gasteiger partial charge in [-0.1, -0.05) is 29.3 Å². The lowest BCUT2D eigenvalue weighted by Gasteiger charge is -2.27. The minimum absolute atomic E-state index is 0.0183. The largest absolute Gasteiger partial charge is 0.465 e. The van der Waals surface area contributed by atoms with Crippen LogP contribution in [0.15, 0.2) is 44.9 Å². The molecular weight excluding hydrogens is 385 g/mol. The summed E-state index contributed by atoms with van der Waals surface area (Å²) in [6.45, 7) is -0.530. The molecule has 1 unspecified atom stereocenters. The number of aliphatic hydroxyl groups is 1. The zero-order valence-corrected chi connectivity index (χ0v) is 14.9. The van der Waals surface area contributed by atoms with Crippen LogP contribution in [-0.4, -0.2) is 18.2 Å². The molecule has 2 heterocycles. The number of hydrogen-bond acceptors (Lipinski definition) is 7. The van der Waals surface area contributed by atoms with Gasteiger partial charge >= 0.3 is 5.97 Å². The second-order valence-electron chi connectivity index (χ2n) is 5.37. The Kier molecular flexibility index (Phi) is 4.95. The van der Waals surface area contributed by atoms with E-state index in [-0.39, 0.29) is 38.8 Å². The Bertz CT molecular complexity index is 961. The van der Waals surface area contributed by atoms with Crippen molar-refractivity contribution in [2.24, 2.45) is 5.73 Å². The first-order valence-electron chi connectivity index (χ1n) is 7.36. The molecule has 0 saturated carbocycles. The second kappa shape index (κ2) is 7.03. The maximum absolute atomic E-state index is 12.3. The lowest BCUT2D eigenvalue weighted by molar-refractivity contribution is -0.136. The standard InChI is InChI=1S/C17H13Cl2NO6/c1-24-17(23)13-12(11-8(18)3-2-4-9(11)19)15-14(26-16(13)20)10(22)5-7(6-21)25-15/h2-5,12,21H,6,20H2,1H3.